The van der Waals surface area contributed by atoms with Gasteiger partial charge in [0.2, 0.25) is 0 Å². The van der Waals surface area contributed by atoms with Crippen LogP contribution in [-0.4, -0.2) is 32.7 Å². The summed E-state index contributed by atoms with van der Waals surface area (Å²) in [6, 6.07) is 9.43. The first-order valence-electron chi connectivity index (χ1n) is 8.06. The van der Waals surface area contributed by atoms with Crippen molar-refractivity contribution < 1.29 is 28.2 Å². The summed E-state index contributed by atoms with van der Waals surface area (Å²) >= 11 is 0. The Morgan fingerprint density at radius 3 is 2.56 bits per heavy atom. The highest BCUT2D eigenvalue weighted by molar-refractivity contribution is 5.94. The summed E-state index contributed by atoms with van der Waals surface area (Å²) in [6.45, 7) is 1.13. The van der Waals surface area contributed by atoms with E-state index >= 15 is 0 Å². The van der Waals surface area contributed by atoms with Crippen LogP contribution < -0.4 is 14.8 Å². The standard InChI is InChI=1S/C20H20FNO5/c1-13-4-6-15(11-17(13)21)22-19(23)12-27-20(24)9-5-14-10-16(25-2)7-8-18(14)26-3/h4-11H,12H2,1-3H3,(H,22,23)/b9-5+. The van der Waals surface area contributed by atoms with Crippen LogP contribution in [0.1, 0.15) is 11.1 Å². The molecule has 0 aromatic heterocycles. The van der Waals surface area contributed by atoms with E-state index in [9.17, 15) is 14.0 Å². The summed E-state index contributed by atoms with van der Waals surface area (Å²) in [5.41, 5.74) is 1.38. The zero-order valence-corrected chi connectivity index (χ0v) is 15.2. The van der Waals surface area contributed by atoms with Gasteiger partial charge in [0.25, 0.3) is 5.91 Å². The zero-order chi connectivity index (χ0) is 19.8. The third kappa shape index (κ3) is 5.85. The number of nitrogens with one attached hydrogen (secondary N) is 1. The van der Waals surface area contributed by atoms with Crippen molar-refractivity contribution in [1.29, 1.82) is 0 Å². The summed E-state index contributed by atoms with van der Waals surface area (Å²) in [5, 5.41) is 2.46. The number of benzene rings is 2. The molecule has 0 aliphatic heterocycles. The minimum atomic E-state index is -0.704. The molecule has 0 saturated heterocycles. The molecule has 0 aliphatic rings. The van der Waals surface area contributed by atoms with Gasteiger partial charge in [-0.05, 0) is 48.9 Å². The molecule has 1 N–H and O–H groups in total. The lowest BCUT2D eigenvalue weighted by Gasteiger charge is -2.07. The van der Waals surface area contributed by atoms with Crippen LogP contribution in [0.4, 0.5) is 10.1 Å². The van der Waals surface area contributed by atoms with E-state index in [0.717, 1.165) is 0 Å². The first-order chi connectivity index (χ1) is 12.9. The molecular formula is C20H20FNO5. The molecule has 27 heavy (non-hydrogen) atoms. The van der Waals surface area contributed by atoms with Crippen LogP contribution in [0.3, 0.4) is 0 Å². The van der Waals surface area contributed by atoms with Crippen LogP contribution in [0.25, 0.3) is 6.08 Å². The topological polar surface area (TPSA) is 73.9 Å². The average Bonchev–Trinajstić information content (AvgIpc) is 2.67. The fourth-order valence-electron chi connectivity index (χ4n) is 2.18. The summed E-state index contributed by atoms with van der Waals surface area (Å²) in [4.78, 5) is 23.6. The monoisotopic (exact) mass is 373 g/mol. The van der Waals surface area contributed by atoms with Gasteiger partial charge < -0.3 is 19.5 Å². The van der Waals surface area contributed by atoms with Crippen LogP contribution in [0, 0.1) is 12.7 Å². The largest absolute Gasteiger partial charge is 0.497 e. The second kappa shape index (κ2) is 9.38. The molecule has 0 heterocycles. The van der Waals surface area contributed by atoms with Gasteiger partial charge in [-0.3, -0.25) is 4.79 Å². The Bertz CT molecular complexity index is 863. The molecule has 0 spiro atoms. The van der Waals surface area contributed by atoms with Crippen molar-refractivity contribution in [3.63, 3.8) is 0 Å². The molecule has 7 heteroatoms. The highest BCUT2D eigenvalue weighted by Crippen LogP contribution is 2.25. The molecule has 0 bridgehead atoms. The number of rotatable bonds is 7. The Kier molecular flexibility index (Phi) is 6.93. The van der Waals surface area contributed by atoms with Gasteiger partial charge in [0.1, 0.15) is 17.3 Å². The van der Waals surface area contributed by atoms with Gasteiger partial charge in [-0.1, -0.05) is 6.07 Å². The number of amides is 1. The third-order valence-corrected chi connectivity index (χ3v) is 3.64. The number of halogens is 1. The van der Waals surface area contributed by atoms with Crippen LogP contribution in [-0.2, 0) is 14.3 Å². The second-order valence-corrected chi connectivity index (χ2v) is 5.56. The zero-order valence-electron chi connectivity index (χ0n) is 15.2. The molecule has 0 radical (unpaired) electrons. The third-order valence-electron chi connectivity index (χ3n) is 3.64. The highest BCUT2D eigenvalue weighted by Gasteiger charge is 2.08. The Balaban J connectivity index is 1.91. The maximum Gasteiger partial charge on any atom is 0.331 e. The number of esters is 1. The van der Waals surface area contributed by atoms with E-state index in [0.29, 0.717) is 22.6 Å². The summed E-state index contributed by atoms with van der Waals surface area (Å²) in [6.07, 6.45) is 2.67. The first kappa shape index (κ1) is 20.0. The maximum atomic E-state index is 13.5. The second-order valence-electron chi connectivity index (χ2n) is 5.56. The lowest BCUT2D eigenvalue weighted by Crippen LogP contribution is -2.20. The number of aryl methyl sites for hydroxylation is 1. The van der Waals surface area contributed by atoms with Crippen LogP contribution in [0.5, 0.6) is 11.5 Å². The molecular weight excluding hydrogens is 353 g/mol. The molecule has 1 amide bonds. The van der Waals surface area contributed by atoms with E-state index in [2.05, 4.69) is 5.32 Å². The van der Waals surface area contributed by atoms with Crippen molar-refractivity contribution in [3.8, 4) is 11.5 Å². The molecule has 2 rings (SSSR count). The number of carbonyl (C=O) groups excluding carboxylic acids is 2. The predicted octanol–water partition coefficient (Wildman–Crippen LogP) is 3.35. The molecule has 0 unspecified atom stereocenters. The number of methoxy groups -OCH3 is 2. The van der Waals surface area contributed by atoms with E-state index in [1.807, 2.05) is 0 Å². The summed E-state index contributed by atoms with van der Waals surface area (Å²) < 4.78 is 28.7. The Morgan fingerprint density at radius 1 is 1.11 bits per heavy atom. The average molecular weight is 373 g/mol. The smallest absolute Gasteiger partial charge is 0.331 e. The summed E-state index contributed by atoms with van der Waals surface area (Å²) in [5.74, 6) is -0.545. The molecule has 2 aromatic carbocycles. The normalized spacial score (nSPS) is 10.5. The lowest BCUT2D eigenvalue weighted by atomic mass is 10.1. The van der Waals surface area contributed by atoms with Crippen molar-refractivity contribution >= 4 is 23.6 Å². The maximum absolute atomic E-state index is 13.5. The van der Waals surface area contributed by atoms with E-state index in [-0.39, 0.29) is 5.69 Å². The van der Waals surface area contributed by atoms with Gasteiger partial charge in [0, 0.05) is 17.3 Å². The molecule has 2 aromatic rings. The Hall–Kier alpha value is -3.35. The van der Waals surface area contributed by atoms with Crippen molar-refractivity contribution in [1.82, 2.24) is 0 Å². The van der Waals surface area contributed by atoms with Crippen molar-refractivity contribution in [2.45, 2.75) is 6.92 Å². The number of ether oxygens (including phenoxy) is 3. The molecule has 0 saturated carbocycles. The van der Waals surface area contributed by atoms with Gasteiger partial charge in [-0.2, -0.15) is 0 Å². The lowest BCUT2D eigenvalue weighted by molar-refractivity contribution is -0.142. The van der Waals surface area contributed by atoms with E-state index in [1.165, 1.54) is 32.4 Å². The number of carbonyl (C=O) groups is 2. The first-order valence-corrected chi connectivity index (χ1v) is 8.06. The van der Waals surface area contributed by atoms with E-state index < -0.39 is 24.3 Å². The van der Waals surface area contributed by atoms with Gasteiger partial charge in [-0.15, -0.1) is 0 Å². The minimum absolute atomic E-state index is 0.288. The SMILES string of the molecule is COc1ccc(OC)c(/C=C/C(=O)OCC(=O)Nc2ccc(C)c(F)c2)c1. The van der Waals surface area contributed by atoms with Crippen LogP contribution in [0.15, 0.2) is 42.5 Å². The quantitative estimate of drug-likeness (QED) is 0.595. The number of hydrogen-bond acceptors (Lipinski definition) is 5. The number of anilines is 1. The molecule has 0 fully saturated rings. The molecule has 6 nitrogen and oxygen atoms in total. The van der Waals surface area contributed by atoms with Crippen molar-refractivity contribution in [2.75, 3.05) is 26.1 Å². The Labute approximate surface area is 156 Å². The molecule has 0 aliphatic carbocycles. The Morgan fingerprint density at radius 2 is 1.89 bits per heavy atom. The number of hydrogen-bond donors (Lipinski definition) is 1. The molecule has 0 atom stereocenters. The van der Waals surface area contributed by atoms with E-state index in [4.69, 9.17) is 14.2 Å². The van der Waals surface area contributed by atoms with Gasteiger partial charge >= 0.3 is 5.97 Å². The van der Waals surface area contributed by atoms with Crippen LogP contribution in [0.2, 0.25) is 0 Å². The molecule has 142 valence electrons. The predicted molar refractivity (Wildman–Crippen MR) is 99.3 cm³/mol. The van der Waals surface area contributed by atoms with Crippen LogP contribution >= 0.6 is 0 Å². The fraction of sp³-hybridized carbons (Fsp3) is 0.200. The van der Waals surface area contributed by atoms with Crippen molar-refractivity contribution in [3.05, 3.63) is 59.4 Å². The summed E-state index contributed by atoms with van der Waals surface area (Å²) in [7, 11) is 3.04. The van der Waals surface area contributed by atoms with Crippen molar-refractivity contribution in [2.24, 2.45) is 0 Å². The fourth-order valence-corrected chi connectivity index (χ4v) is 2.18. The minimum Gasteiger partial charge on any atom is -0.497 e. The highest BCUT2D eigenvalue weighted by atomic mass is 19.1. The van der Waals surface area contributed by atoms with E-state index in [1.54, 1.807) is 37.3 Å². The van der Waals surface area contributed by atoms with Gasteiger partial charge in [-0.25, -0.2) is 9.18 Å². The van der Waals surface area contributed by atoms with Gasteiger partial charge in [0.05, 0.1) is 14.2 Å². The van der Waals surface area contributed by atoms with Gasteiger partial charge in [0.15, 0.2) is 6.61 Å².